The standard InChI is InChI=1S/C12H15ClFN/c1-7-9(13)6-10(14)8(2)12(7)11-4-3-5-15-11/h6,11,15H,3-5H2,1-2H3. The van der Waals surface area contributed by atoms with Crippen LogP contribution in [0.25, 0.3) is 0 Å². The van der Waals surface area contributed by atoms with E-state index in [0.717, 1.165) is 36.1 Å². The van der Waals surface area contributed by atoms with Crippen LogP contribution in [-0.4, -0.2) is 6.54 Å². The first-order valence-corrected chi connectivity index (χ1v) is 5.67. The quantitative estimate of drug-likeness (QED) is 0.774. The molecule has 1 N–H and O–H groups in total. The molecule has 1 saturated heterocycles. The van der Waals surface area contributed by atoms with Gasteiger partial charge in [0.2, 0.25) is 0 Å². The minimum absolute atomic E-state index is 0.200. The molecule has 1 atom stereocenters. The minimum Gasteiger partial charge on any atom is -0.310 e. The van der Waals surface area contributed by atoms with Crippen molar-refractivity contribution in [1.82, 2.24) is 5.32 Å². The van der Waals surface area contributed by atoms with Crippen molar-refractivity contribution < 1.29 is 4.39 Å². The molecule has 0 spiro atoms. The highest BCUT2D eigenvalue weighted by Gasteiger charge is 2.22. The van der Waals surface area contributed by atoms with Crippen LogP contribution in [0.3, 0.4) is 0 Å². The second-order valence-electron chi connectivity index (χ2n) is 4.15. The molecule has 1 fully saturated rings. The van der Waals surface area contributed by atoms with Gasteiger partial charge in [0.15, 0.2) is 0 Å². The number of rotatable bonds is 1. The summed E-state index contributed by atoms with van der Waals surface area (Å²) in [7, 11) is 0. The lowest BCUT2D eigenvalue weighted by Gasteiger charge is -2.18. The van der Waals surface area contributed by atoms with E-state index in [1.54, 1.807) is 0 Å². The van der Waals surface area contributed by atoms with Crippen molar-refractivity contribution in [3.8, 4) is 0 Å². The normalized spacial score (nSPS) is 20.9. The number of hydrogen-bond acceptors (Lipinski definition) is 1. The highest BCUT2D eigenvalue weighted by atomic mass is 35.5. The molecule has 2 rings (SSSR count). The van der Waals surface area contributed by atoms with Crippen LogP contribution < -0.4 is 5.32 Å². The first kappa shape index (κ1) is 10.9. The van der Waals surface area contributed by atoms with Crippen LogP contribution in [0.1, 0.15) is 35.6 Å². The SMILES string of the molecule is Cc1c(F)cc(Cl)c(C)c1C1CCCN1. The Balaban J connectivity index is 2.52. The van der Waals surface area contributed by atoms with Crippen LogP contribution in [0.2, 0.25) is 5.02 Å². The smallest absolute Gasteiger partial charge is 0.127 e. The summed E-state index contributed by atoms with van der Waals surface area (Å²) in [6.07, 6.45) is 2.22. The second kappa shape index (κ2) is 4.11. The van der Waals surface area contributed by atoms with E-state index >= 15 is 0 Å². The molecular weight excluding hydrogens is 213 g/mol. The van der Waals surface area contributed by atoms with E-state index in [9.17, 15) is 4.39 Å². The van der Waals surface area contributed by atoms with Crippen LogP contribution in [0.4, 0.5) is 4.39 Å². The third kappa shape index (κ3) is 1.88. The van der Waals surface area contributed by atoms with E-state index in [0.29, 0.717) is 5.02 Å². The molecule has 1 aliphatic heterocycles. The molecule has 0 radical (unpaired) electrons. The monoisotopic (exact) mass is 227 g/mol. The lowest BCUT2D eigenvalue weighted by Crippen LogP contribution is -2.16. The van der Waals surface area contributed by atoms with E-state index in [1.165, 1.54) is 6.07 Å². The van der Waals surface area contributed by atoms with Gasteiger partial charge in [-0.25, -0.2) is 4.39 Å². The molecule has 0 aromatic heterocycles. The summed E-state index contributed by atoms with van der Waals surface area (Å²) >= 11 is 6.00. The lowest BCUT2D eigenvalue weighted by atomic mass is 9.94. The van der Waals surface area contributed by atoms with E-state index in [4.69, 9.17) is 11.6 Å². The van der Waals surface area contributed by atoms with Gasteiger partial charge < -0.3 is 5.32 Å². The molecule has 0 bridgehead atoms. The van der Waals surface area contributed by atoms with Gasteiger partial charge in [0, 0.05) is 11.1 Å². The fourth-order valence-corrected chi connectivity index (χ4v) is 2.52. The predicted octanol–water partition coefficient (Wildman–Crippen LogP) is 3.52. The van der Waals surface area contributed by atoms with Crippen LogP contribution in [0.15, 0.2) is 6.07 Å². The maximum atomic E-state index is 13.6. The van der Waals surface area contributed by atoms with E-state index in [2.05, 4.69) is 5.32 Å². The number of nitrogens with one attached hydrogen (secondary N) is 1. The van der Waals surface area contributed by atoms with Crippen molar-refractivity contribution in [3.05, 3.63) is 33.6 Å². The van der Waals surface area contributed by atoms with Gasteiger partial charge >= 0.3 is 0 Å². The topological polar surface area (TPSA) is 12.0 Å². The van der Waals surface area contributed by atoms with Crippen LogP contribution in [0.5, 0.6) is 0 Å². The highest BCUT2D eigenvalue weighted by molar-refractivity contribution is 6.31. The Labute approximate surface area is 94.6 Å². The van der Waals surface area contributed by atoms with Gasteiger partial charge in [-0.1, -0.05) is 11.6 Å². The van der Waals surface area contributed by atoms with Gasteiger partial charge in [0.05, 0.1) is 0 Å². The third-order valence-electron chi connectivity index (χ3n) is 3.19. The first-order chi connectivity index (χ1) is 7.11. The van der Waals surface area contributed by atoms with Gasteiger partial charge in [-0.2, -0.15) is 0 Å². The van der Waals surface area contributed by atoms with Crippen LogP contribution in [-0.2, 0) is 0 Å². The fraction of sp³-hybridized carbons (Fsp3) is 0.500. The summed E-state index contributed by atoms with van der Waals surface area (Å²) in [5.74, 6) is -0.200. The summed E-state index contributed by atoms with van der Waals surface area (Å²) < 4.78 is 13.6. The van der Waals surface area contributed by atoms with Gasteiger partial charge in [0.25, 0.3) is 0 Å². The van der Waals surface area contributed by atoms with Gasteiger partial charge in [-0.05, 0) is 56.0 Å². The maximum absolute atomic E-state index is 13.6. The van der Waals surface area contributed by atoms with Gasteiger partial charge in [-0.15, -0.1) is 0 Å². The molecule has 1 aromatic rings. The average Bonchev–Trinajstić information content (AvgIpc) is 2.69. The van der Waals surface area contributed by atoms with E-state index < -0.39 is 0 Å². The van der Waals surface area contributed by atoms with Crippen molar-refractivity contribution in [2.75, 3.05) is 6.54 Å². The van der Waals surface area contributed by atoms with Crippen LogP contribution >= 0.6 is 11.6 Å². The van der Waals surface area contributed by atoms with Crippen molar-refractivity contribution >= 4 is 11.6 Å². The zero-order chi connectivity index (χ0) is 11.0. The second-order valence-corrected chi connectivity index (χ2v) is 4.56. The van der Waals surface area contributed by atoms with Crippen LogP contribution in [0, 0.1) is 19.7 Å². The Hall–Kier alpha value is -0.600. The molecule has 15 heavy (non-hydrogen) atoms. The predicted molar refractivity (Wildman–Crippen MR) is 60.9 cm³/mol. The summed E-state index contributed by atoms with van der Waals surface area (Å²) in [6.45, 7) is 4.80. The van der Waals surface area contributed by atoms with Crippen molar-refractivity contribution in [3.63, 3.8) is 0 Å². The average molecular weight is 228 g/mol. The van der Waals surface area contributed by atoms with E-state index in [-0.39, 0.29) is 11.9 Å². The Morgan fingerprint density at radius 1 is 1.40 bits per heavy atom. The van der Waals surface area contributed by atoms with Crippen molar-refractivity contribution in [2.24, 2.45) is 0 Å². The Bertz CT molecular complexity index is 357. The summed E-state index contributed by atoms with van der Waals surface area (Å²) in [5, 5.41) is 3.91. The van der Waals surface area contributed by atoms with Gasteiger partial charge in [-0.3, -0.25) is 0 Å². The molecule has 3 heteroatoms. The Morgan fingerprint density at radius 3 is 2.73 bits per heavy atom. The Morgan fingerprint density at radius 2 is 2.13 bits per heavy atom. The molecule has 1 aliphatic rings. The molecular formula is C12H15ClFN. The zero-order valence-corrected chi connectivity index (χ0v) is 9.79. The number of benzene rings is 1. The first-order valence-electron chi connectivity index (χ1n) is 5.29. The maximum Gasteiger partial charge on any atom is 0.127 e. The minimum atomic E-state index is -0.200. The summed E-state index contributed by atoms with van der Waals surface area (Å²) in [4.78, 5) is 0. The van der Waals surface area contributed by atoms with Crippen molar-refractivity contribution in [2.45, 2.75) is 32.7 Å². The number of hydrogen-bond donors (Lipinski definition) is 1. The third-order valence-corrected chi connectivity index (χ3v) is 3.58. The molecule has 82 valence electrons. The lowest BCUT2D eigenvalue weighted by molar-refractivity contribution is 0.592. The highest BCUT2D eigenvalue weighted by Crippen LogP contribution is 2.33. The molecule has 1 heterocycles. The molecule has 0 amide bonds. The molecule has 1 unspecified atom stereocenters. The van der Waals surface area contributed by atoms with Crippen molar-refractivity contribution in [1.29, 1.82) is 0 Å². The fourth-order valence-electron chi connectivity index (χ4n) is 2.32. The van der Waals surface area contributed by atoms with Gasteiger partial charge in [0.1, 0.15) is 5.82 Å². The Kier molecular flexibility index (Phi) is 2.98. The molecule has 1 aromatic carbocycles. The molecule has 1 nitrogen and oxygen atoms in total. The number of halogens is 2. The zero-order valence-electron chi connectivity index (χ0n) is 9.03. The van der Waals surface area contributed by atoms with E-state index in [1.807, 2.05) is 13.8 Å². The molecule has 0 aliphatic carbocycles. The largest absolute Gasteiger partial charge is 0.310 e. The molecule has 0 saturated carbocycles. The summed E-state index contributed by atoms with van der Waals surface area (Å²) in [6, 6.07) is 1.68. The summed E-state index contributed by atoms with van der Waals surface area (Å²) in [5.41, 5.74) is 2.80.